The minimum absolute atomic E-state index is 0.0193. The van der Waals surface area contributed by atoms with E-state index in [4.69, 9.17) is 0 Å². The summed E-state index contributed by atoms with van der Waals surface area (Å²) in [4.78, 5) is 34.8. The van der Waals surface area contributed by atoms with Crippen LogP contribution in [0.4, 0.5) is 0 Å². The summed E-state index contributed by atoms with van der Waals surface area (Å²) in [6, 6.07) is 0. The molecule has 0 bridgehead atoms. The fraction of sp³-hybridized carbons (Fsp3) is 0.545. The molecule has 10 heteroatoms. The normalized spacial score (nSPS) is 27.0. The number of carboxylic acid groups (broad SMARTS) is 1. The molecule has 21 heavy (non-hydrogen) atoms. The van der Waals surface area contributed by atoms with E-state index in [0.717, 1.165) is 11.8 Å². The summed E-state index contributed by atoms with van der Waals surface area (Å²) in [6.07, 6.45) is 0. The molecular weight excluding hydrogens is 322 g/mol. The standard InChI is InChI=1S/C11H13NO7S2/c1-5(13)19-2-6-4-21(17,18)10-7(3-20)9(14)12(10)8(6)11(15)16/h7,10,20H,2-4H2,1H3,(H,15,16)/t7-,10-/m1/s1. The quantitative estimate of drug-likeness (QED) is 0.385. The number of β-lactam (4-membered cyclic amide) rings is 1. The highest BCUT2D eigenvalue weighted by atomic mass is 32.2. The molecule has 0 unspecified atom stereocenters. The van der Waals surface area contributed by atoms with Gasteiger partial charge in [0.15, 0.2) is 15.2 Å². The SMILES string of the molecule is CC(=O)OCC1=C(C(=O)O)N2C(=O)[C@@H](CS)[C@H]2S(=O)(=O)C1. The van der Waals surface area contributed by atoms with Crippen LogP contribution in [-0.4, -0.2) is 59.8 Å². The maximum absolute atomic E-state index is 12.2. The van der Waals surface area contributed by atoms with Gasteiger partial charge in [-0.25, -0.2) is 13.2 Å². The van der Waals surface area contributed by atoms with E-state index in [0.29, 0.717) is 0 Å². The Morgan fingerprint density at radius 3 is 2.57 bits per heavy atom. The van der Waals surface area contributed by atoms with Crippen LogP contribution >= 0.6 is 12.6 Å². The van der Waals surface area contributed by atoms with Gasteiger partial charge < -0.3 is 9.84 Å². The van der Waals surface area contributed by atoms with E-state index >= 15 is 0 Å². The summed E-state index contributed by atoms with van der Waals surface area (Å²) >= 11 is 3.93. The van der Waals surface area contributed by atoms with Gasteiger partial charge in [-0.2, -0.15) is 12.6 Å². The molecule has 116 valence electrons. The Morgan fingerprint density at radius 1 is 1.48 bits per heavy atom. The topological polar surface area (TPSA) is 118 Å². The van der Waals surface area contributed by atoms with Crippen LogP contribution in [0.5, 0.6) is 0 Å². The number of carbonyl (C=O) groups excluding carboxylic acids is 2. The monoisotopic (exact) mass is 335 g/mol. The molecule has 0 saturated carbocycles. The summed E-state index contributed by atoms with van der Waals surface area (Å²) in [5.41, 5.74) is -0.529. The molecule has 0 aromatic rings. The Labute approximate surface area is 126 Å². The van der Waals surface area contributed by atoms with Crippen molar-refractivity contribution >= 4 is 40.3 Å². The number of carboxylic acids is 1. The number of sulfone groups is 1. The maximum atomic E-state index is 12.2. The molecule has 2 aliphatic rings. The number of hydrogen-bond acceptors (Lipinski definition) is 7. The Kier molecular flexibility index (Phi) is 4.02. The predicted molar refractivity (Wildman–Crippen MR) is 73.1 cm³/mol. The van der Waals surface area contributed by atoms with E-state index in [1.165, 1.54) is 0 Å². The third-order valence-corrected chi connectivity index (χ3v) is 5.74. The van der Waals surface area contributed by atoms with Crippen molar-refractivity contribution in [2.24, 2.45) is 5.92 Å². The van der Waals surface area contributed by atoms with E-state index in [9.17, 15) is 27.9 Å². The van der Waals surface area contributed by atoms with E-state index < -0.39 is 57.0 Å². The fourth-order valence-corrected chi connectivity index (χ4v) is 5.08. The molecular formula is C11H13NO7S2. The average Bonchev–Trinajstić information content (AvgIpc) is 2.36. The molecule has 0 aromatic heterocycles. The van der Waals surface area contributed by atoms with Gasteiger partial charge in [-0.15, -0.1) is 0 Å². The van der Waals surface area contributed by atoms with Crippen molar-refractivity contribution in [3.05, 3.63) is 11.3 Å². The van der Waals surface area contributed by atoms with Gasteiger partial charge in [0.2, 0.25) is 5.91 Å². The van der Waals surface area contributed by atoms with Crippen LogP contribution in [0.2, 0.25) is 0 Å². The molecule has 0 radical (unpaired) electrons. The molecule has 0 aliphatic carbocycles. The van der Waals surface area contributed by atoms with Gasteiger partial charge in [-0.05, 0) is 0 Å². The zero-order valence-electron chi connectivity index (χ0n) is 11.0. The summed E-state index contributed by atoms with van der Waals surface area (Å²) in [5, 5.41) is 8.04. The zero-order chi connectivity index (χ0) is 15.9. The van der Waals surface area contributed by atoms with Crippen LogP contribution in [0.25, 0.3) is 0 Å². The van der Waals surface area contributed by atoms with Crippen molar-refractivity contribution in [1.82, 2.24) is 4.90 Å². The first-order chi connectivity index (χ1) is 9.70. The highest BCUT2D eigenvalue weighted by Gasteiger charge is 2.59. The largest absolute Gasteiger partial charge is 0.477 e. The van der Waals surface area contributed by atoms with Crippen molar-refractivity contribution < 1.29 is 32.6 Å². The van der Waals surface area contributed by atoms with Crippen LogP contribution in [0.1, 0.15) is 6.92 Å². The highest BCUT2D eigenvalue weighted by molar-refractivity contribution is 7.92. The number of ether oxygens (including phenoxy) is 1. The van der Waals surface area contributed by atoms with Crippen LogP contribution in [0.15, 0.2) is 11.3 Å². The Morgan fingerprint density at radius 2 is 2.10 bits per heavy atom. The van der Waals surface area contributed by atoms with Crippen LogP contribution in [0.3, 0.4) is 0 Å². The lowest BCUT2D eigenvalue weighted by Gasteiger charge is -2.48. The first-order valence-corrected chi connectivity index (χ1v) is 8.29. The van der Waals surface area contributed by atoms with Crippen LogP contribution in [-0.2, 0) is 29.0 Å². The number of rotatable bonds is 4. The van der Waals surface area contributed by atoms with Gasteiger partial charge >= 0.3 is 11.9 Å². The predicted octanol–water partition coefficient (Wildman–Crippen LogP) is -0.969. The first-order valence-electron chi connectivity index (χ1n) is 5.95. The first kappa shape index (κ1) is 15.8. The number of carbonyl (C=O) groups is 3. The number of hydrogen-bond donors (Lipinski definition) is 2. The lowest BCUT2D eigenvalue weighted by atomic mass is 9.97. The summed E-state index contributed by atoms with van der Waals surface area (Å²) in [7, 11) is -3.74. The van der Waals surface area contributed by atoms with Crippen LogP contribution < -0.4 is 0 Å². The molecule has 8 nitrogen and oxygen atoms in total. The van der Waals surface area contributed by atoms with Gasteiger partial charge in [0, 0.05) is 18.2 Å². The summed E-state index contributed by atoms with van der Waals surface area (Å²) < 4.78 is 29.0. The van der Waals surface area contributed by atoms with Crippen molar-refractivity contribution in [2.45, 2.75) is 12.3 Å². The second kappa shape index (κ2) is 5.34. The van der Waals surface area contributed by atoms with E-state index in [2.05, 4.69) is 17.4 Å². The third-order valence-electron chi connectivity index (χ3n) is 3.32. The molecule has 2 aliphatic heterocycles. The van der Waals surface area contributed by atoms with E-state index in [-0.39, 0.29) is 11.3 Å². The lowest BCUT2D eigenvalue weighted by Crippen LogP contribution is -2.67. The highest BCUT2D eigenvalue weighted by Crippen LogP contribution is 2.40. The summed E-state index contributed by atoms with van der Waals surface area (Å²) in [6.45, 7) is 0.644. The average molecular weight is 335 g/mol. The molecule has 1 fully saturated rings. The number of aliphatic carboxylic acids is 1. The second-order valence-corrected chi connectivity index (χ2v) is 7.20. The smallest absolute Gasteiger partial charge is 0.352 e. The number of thiol groups is 1. The Hall–Kier alpha value is -1.55. The number of nitrogens with zero attached hydrogens (tertiary/aromatic N) is 1. The number of fused-ring (bicyclic) bond motifs is 1. The maximum Gasteiger partial charge on any atom is 0.352 e. The van der Waals surface area contributed by atoms with Gasteiger partial charge in [0.25, 0.3) is 0 Å². The van der Waals surface area contributed by atoms with Crippen LogP contribution in [0, 0.1) is 5.92 Å². The minimum Gasteiger partial charge on any atom is -0.477 e. The van der Waals surface area contributed by atoms with E-state index in [1.807, 2.05) is 0 Å². The third kappa shape index (κ3) is 2.53. The number of amides is 1. The van der Waals surface area contributed by atoms with Gasteiger partial charge in [-0.3, -0.25) is 14.5 Å². The van der Waals surface area contributed by atoms with Gasteiger partial charge in [0.1, 0.15) is 12.3 Å². The molecule has 2 heterocycles. The van der Waals surface area contributed by atoms with Gasteiger partial charge in [0.05, 0.1) is 11.7 Å². The van der Waals surface area contributed by atoms with Crippen molar-refractivity contribution in [3.8, 4) is 0 Å². The molecule has 2 atom stereocenters. The Balaban J connectivity index is 2.46. The molecule has 2 rings (SSSR count). The second-order valence-electron chi connectivity index (χ2n) is 4.73. The summed E-state index contributed by atoms with van der Waals surface area (Å²) in [5.74, 6) is -4.08. The minimum atomic E-state index is -3.74. The Bertz CT molecular complexity index is 651. The van der Waals surface area contributed by atoms with Crippen molar-refractivity contribution in [2.75, 3.05) is 18.1 Å². The molecule has 1 saturated heterocycles. The molecule has 0 aromatic carbocycles. The molecule has 0 spiro atoms. The zero-order valence-corrected chi connectivity index (χ0v) is 12.7. The van der Waals surface area contributed by atoms with Gasteiger partial charge in [-0.1, -0.05) is 0 Å². The number of esters is 1. The van der Waals surface area contributed by atoms with Crippen molar-refractivity contribution in [3.63, 3.8) is 0 Å². The molecule has 1 N–H and O–H groups in total. The molecule has 1 amide bonds. The van der Waals surface area contributed by atoms with Crippen molar-refractivity contribution in [1.29, 1.82) is 0 Å². The fourth-order valence-electron chi connectivity index (χ4n) is 2.46. The van der Waals surface area contributed by atoms with E-state index in [1.54, 1.807) is 0 Å². The lowest BCUT2D eigenvalue weighted by molar-refractivity contribution is -0.151.